The van der Waals surface area contributed by atoms with Crippen molar-refractivity contribution in [3.63, 3.8) is 0 Å². The van der Waals surface area contributed by atoms with E-state index in [1.54, 1.807) is 31.3 Å². The summed E-state index contributed by atoms with van der Waals surface area (Å²) >= 11 is 6.09. The van der Waals surface area contributed by atoms with E-state index < -0.39 is 0 Å². The Morgan fingerprint density at radius 1 is 1.29 bits per heavy atom. The van der Waals surface area contributed by atoms with E-state index in [-0.39, 0.29) is 24.7 Å². The molecule has 0 radical (unpaired) electrons. The first kappa shape index (κ1) is 15.3. The summed E-state index contributed by atoms with van der Waals surface area (Å²) in [5.41, 5.74) is 1.19. The average molecular weight is 307 g/mol. The second kappa shape index (κ2) is 7.04. The Hall–Kier alpha value is -2.14. The molecule has 0 aliphatic heterocycles. The number of halogens is 1. The molecule has 0 fully saturated rings. The lowest BCUT2D eigenvalue weighted by molar-refractivity contribution is -0.144. The fourth-order valence-corrected chi connectivity index (χ4v) is 2.12. The molecule has 2 aromatic rings. The Morgan fingerprint density at radius 2 is 2.10 bits per heavy atom. The molecule has 0 atom stereocenters. The van der Waals surface area contributed by atoms with Crippen molar-refractivity contribution in [1.82, 2.24) is 4.98 Å². The van der Waals surface area contributed by atoms with Crippen LogP contribution in [0.4, 0.5) is 5.69 Å². The number of pyridine rings is 1. The zero-order valence-corrected chi connectivity index (χ0v) is 12.3. The fourth-order valence-electron chi connectivity index (χ4n) is 1.90. The number of hydrogen-bond donors (Lipinski definition) is 1. The van der Waals surface area contributed by atoms with Crippen molar-refractivity contribution in [2.75, 3.05) is 11.9 Å². The average Bonchev–Trinajstić information content (AvgIpc) is 2.49. The van der Waals surface area contributed by atoms with Crippen molar-refractivity contribution in [1.29, 1.82) is 0 Å². The van der Waals surface area contributed by atoms with E-state index in [0.29, 0.717) is 22.8 Å². The van der Waals surface area contributed by atoms with E-state index in [9.17, 15) is 9.59 Å². The molecule has 0 aliphatic carbocycles. The quantitative estimate of drug-likeness (QED) is 0.862. The van der Waals surface area contributed by atoms with Gasteiger partial charge in [0, 0.05) is 18.0 Å². The summed E-state index contributed by atoms with van der Waals surface area (Å²) in [6.45, 7) is 2.04. The van der Waals surface area contributed by atoms with Gasteiger partial charge in [0.05, 0.1) is 29.3 Å². The second-order valence-corrected chi connectivity index (χ2v) is 4.75. The third-order valence-electron chi connectivity index (χ3n) is 2.85. The van der Waals surface area contributed by atoms with Gasteiger partial charge in [0.15, 0.2) is 0 Å². The van der Waals surface area contributed by atoms with Crippen LogP contribution in [0.2, 0.25) is 5.02 Å². The fraction of sp³-hybridized carbons (Fsp3) is 0.267. The Morgan fingerprint density at radius 3 is 2.86 bits per heavy atom. The number of ether oxygens (including phenoxy) is 1. The normalized spacial score (nSPS) is 10.4. The van der Waals surface area contributed by atoms with Crippen molar-refractivity contribution in [3.8, 4) is 0 Å². The molecular weight excluding hydrogens is 292 g/mol. The van der Waals surface area contributed by atoms with E-state index in [2.05, 4.69) is 10.3 Å². The van der Waals surface area contributed by atoms with Crippen LogP contribution in [0.1, 0.15) is 19.8 Å². The van der Waals surface area contributed by atoms with E-state index >= 15 is 0 Å². The van der Waals surface area contributed by atoms with E-state index in [0.717, 1.165) is 5.39 Å². The Bertz CT molecular complexity index is 673. The van der Waals surface area contributed by atoms with Gasteiger partial charge in [-0.1, -0.05) is 11.6 Å². The van der Waals surface area contributed by atoms with Gasteiger partial charge in [-0.2, -0.15) is 0 Å². The molecule has 1 heterocycles. The molecule has 1 aromatic carbocycles. The van der Waals surface area contributed by atoms with Crippen LogP contribution in [0.15, 0.2) is 30.5 Å². The predicted molar refractivity (Wildman–Crippen MR) is 81.2 cm³/mol. The predicted octanol–water partition coefficient (Wildman–Crippen LogP) is 3.17. The molecule has 1 amide bonds. The third-order valence-corrected chi connectivity index (χ3v) is 3.18. The van der Waals surface area contributed by atoms with Gasteiger partial charge in [-0.05, 0) is 31.2 Å². The Labute approximate surface area is 127 Å². The van der Waals surface area contributed by atoms with E-state index in [4.69, 9.17) is 16.3 Å². The van der Waals surface area contributed by atoms with Crippen LogP contribution in [0.5, 0.6) is 0 Å². The maximum absolute atomic E-state index is 11.9. The number of benzene rings is 1. The molecule has 0 aliphatic rings. The number of nitrogens with one attached hydrogen (secondary N) is 1. The van der Waals surface area contributed by atoms with Crippen LogP contribution in [0, 0.1) is 0 Å². The van der Waals surface area contributed by atoms with Crippen LogP contribution in [-0.2, 0) is 14.3 Å². The lowest BCUT2D eigenvalue weighted by Gasteiger charge is -2.09. The van der Waals surface area contributed by atoms with Gasteiger partial charge in [-0.25, -0.2) is 0 Å². The highest BCUT2D eigenvalue weighted by molar-refractivity contribution is 6.35. The number of nitrogens with zero attached hydrogens (tertiary/aromatic N) is 1. The monoisotopic (exact) mass is 306 g/mol. The number of anilines is 1. The van der Waals surface area contributed by atoms with Crippen molar-refractivity contribution < 1.29 is 14.3 Å². The summed E-state index contributed by atoms with van der Waals surface area (Å²) in [6, 6.07) is 7.01. The molecule has 6 heteroatoms. The largest absolute Gasteiger partial charge is 0.466 e. The van der Waals surface area contributed by atoms with Crippen LogP contribution in [-0.4, -0.2) is 23.5 Å². The summed E-state index contributed by atoms with van der Waals surface area (Å²) in [7, 11) is 0. The summed E-state index contributed by atoms with van der Waals surface area (Å²) in [5, 5.41) is 4.08. The van der Waals surface area contributed by atoms with Crippen molar-refractivity contribution in [3.05, 3.63) is 35.5 Å². The summed E-state index contributed by atoms with van der Waals surface area (Å²) in [4.78, 5) is 27.3. The molecule has 2 rings (SSSR count). The molecule has 0 spiro atoms. The Balaban J connectivity index is 2.08. The highest BCUT2D eigenvalue weighted by atomic mass is 35.5. The number of fused-ring (bicyclic) bond motifs is 1. The van der Waals surface area contributed by atoms with Gasteiger partial charge in [-0.15, -0.1) is 0 Å². The zero-order valence-electron chi connectivity index (χ0n) is 11.6. The van der Waals surface area contributed by atoms with Gasteiger partial charge >= 0.3 is 5.97 Å². The highest BCUT2D eigenvalue weighted by Gasteiger charge is 2.11. The molecule has 5 nitrogen and oxygen atoms in total. The van der Waals surface area contributed by atoms with E-state index in [1.807, 2.05) is 6.07 Å². The van der Waals surface area contributed by atoms with Crippen LogP contribution < -0.4 is 5.32 Å². The zero-order chi connectivity index (χ0) is 15.2. The molecule has 0 saturated carbocycles. The van der Waals surface area contributed by atoms with Gasteiger partial charge in [-0.3, -0.25) is 14.6 Å². The summed E-state index contributed by atoms with van der Waals surface area (Å²) in [6.07, 6.45) is 1.75. The minimum Gasteiger partial charge on any atom is -0.466 e. The van der Waals surface area contributed by atoms with Gasteiger partial charge in [0.25, 0.3) is 0 Å². The van der Waals surface area contributed by atoms with Crippen LogP contribution >= 0.6 is 11.6 Å². The highest BCUT2D eigenvalue weighted by Crippen LogP contribution is 2.28. The molecule has 0 bridgehead atoms. The lowest BCUT2D eigenvalue weighted by Crippen LogP contribution is -2.15. The molecule has 1 N–H and O–H groups in total. The first-order valence-electron chi connectivity index (χ1n) is 6.60. The molecule has 0 saturated heterocycles. The first-order valence-corrected chi connectivity index (χ1v) is 6.98. The SMILES string of the molecule is CCOC(=O)CCC(=O)Nc1ccc(Cl)c2cccnc12. The van der Waals surface area contributed by atoms with Gasteiger partial charge in [0.1, 0.15) is 0 Å². The number of esters is 1. The maximum Gasteiger partial charge on any atom is 0.306 e. The topological polar surface area (TPSA) is 68.3 Å². The van der Waals surface area contributed by atoms with Crippen molar-refractivity contribution >= 4 is 40.1 Å². The number of rotatable bonds is 5. The minimum absolute atomic E-state index is 0.0542. The minimum atomic E-state index is -0.383. The standard InChI is InChI=1S/C15H15ClN2O3/c1-2-21-14(20)8-7-13(19)18-12-6-5-11(16)10-4-3-9-17-15(10)12/h3-6,9H,2,7-8H2,1H3,(H,18,19). The number of carbonyl (C=O) groups is 2. The third kappa shape index (κ3) is 3.92. The molecular formula is C15H15ClN2O3. The smallest absolute Gasteiger partial charge is 0.306 e. The lowest BCUT2D eigenvalue weighted by atomic mass is 10.2. The van der Waals surface area contributed by atoms with E-state index in [1.165, 1.54) is 0 Å². The maximum atomic E-state index is 11.9. The Kier molecular flexibility index (Phi) is 5.11. The molecule has 110 valence electrons. The van der Waals surface area contributed by atoms with Crippen LogP contribution in [0.3, 0.4) is 0 Å². The summed E-state index contributed by atoms with van der Waals surface area (Å²) < 4.78 is 4.78. The number of hydrogen-bond acceptors (Lipinski definition) is 4. The molecule has 0 unspecified atom stereocenters. The number of aromatic nitrogens is 1. The summed E-state index contributed by atoms with van der Waals surface area (Å²) in [5.74, 6) is -0.649. The van der Waals surface area contributed by atoms with Crippen LogP contribution in [0.25, 0.3) is 10.9 Å². The second-order valence-electron chi connectivity index (χ2n) is 4.35. The first-order chi connectivity index (χ1) is 10.1. The van der Waals surface area contributed by atoms with Crippen molar-refractivity contribution in [2.45, 2.75) is 19.8 Å². The number of amides is 1. The molecule has 1 aromatic heterocycles. The van der Waals surface area contributed by atoms with Crippen molar-refractivity contribution in [2.24, 2.45) is 0 Å². The number of carbonyl (C=O) groups excluding carboxylic acids is 2. The van der Waals surface area contributed by atoms with Gasteiger partial charge in [0.2, 0.25) is 5.91 Å². The molecule has 21 heavy (non-hydrogen) atoms. The van der Waals surface area contributed by atoms with Gasteiger partial charge < -0.3 is 10.1 Å².